The van der Waals surface area contributed by atoms with Crippen molar-refractivity contribution >= 4 is 11.6 Å². The maximum atomic E-state index is 12.6. The Morgan fingerprint density at radius 3 is 2.60 bits per heavy atom. The quantitative estimate of drug-likeness (QED) is 0.890. The lowest BCUT2D eigenvalue weighted by molar-refractivity contribution is 0.0522. The molecule has 1 aliphatic rings. The van der Waals surface area contributed by atoms with E-state index in [1.807, 2.05) is 44.0 Å². The Bertz CT molecular complexity index is 477. The van der Waals surface area contributed by atoms with Crippen molar-refractivity contribution in [3.8, 4) is 0 Å². The van der Waals surface area contributed by atoms with Gasteiger partial charge in [-0.25, -0.2) is 0 Å². The number of hydrogen-bond donors (Lipinski definition) is 2. The summed E-state index contributed by atoms with van der Waals surface area (Å²) in [5, 5.41) is 12.7. The van der Waals surface area contributed by atoms with Crippen LogP contribution in [0, 0.1) is 12.8 Å². The van der Waals surface area contributed by atoms with Crippen LogP contribution in [0.2, 0.25) is 0 Å². The van der Waals surface area contributed by atoms with E-state index in [4.69, 9.17) is 0 Å². The van der Waals surface area contributed by atoms with Gasteiger partial charge in [-0.2, -0.15) is 0 Å². The molecule has 110 valence electrons. The zero-order chi connectivity index (χ0) is 14.7. The van der Waals surface area contributed by atoms with Gasteiger partial charge in [0.2, 0.25) is 0 Å². The Balaban J connectivity index is 2.09. The highest BCUT2D eigenvalue weighted by molar-refractivity contribution is 5.99. The van der Waals surface area contributed by atoms with E-state index >= 15 is 0 Å². The van der Waals surface area contributed by atoms with Crippen molar-refractivity contribution in [2.45, 2.75) is 32.8 Å². The highest BCUT2D eigenvalue weighted by Gasteiger charge is 2.26. The molecule has 1 aromatic carbocycles. The van der Waals surface area contributed by atoms with Crippen LogP contribution in [0.4, 0.5) is 5.69 Å². The van der Waals surface area contributed by atoms with Crippen LogP contribution in [-0.2, 0) is 0 Å². The predicted molar refractivity (Wildman–Crippen MR) is 81.0 cm³/mol. The topological polar surface area (TPSA) is 52.6 Å². The number of aliphatic hydroxyl groups is 1. The first kappa shape index (κ1) is 14.9. The second-order valence-electron chi connectivity index (χ2n) is 5.67. The molecule has 2 N–H and O–H groups in total. The van der Waals surface area contributed by atoms with Gasteiger partial charge in [0.1, 0.15) is 0 Å². The number of carbonyl (C=O) groups is 1. The lowest BCUT2D eigenvalue weighted by atomic mass is 9.92. The van der Waals surface area contributed by atoms with E-state index in [0.29, 0.717) is 5.92 Å². The number of benzene rings is 1. The first-order valence-electron chi connectivity index (χ1n) is 7.28. The molecule has 1 aromatic rings. The largest absolute Gasteiger partial charge is 0.393 e. The number of likely N-dealkylation sites (tertiary alicyclic amines) is 1. The fraction of sp³-hybridized carbons (Fsp3) is 0.562. The number of hydrogen-bond acceptors (Lipinski definition) is 3. The minimum Gasteiger partial charge on any atom is -0.393 e. The zero-order valence-electron chi connectivity index (χ0n) is 12.5. The summed E-state index contributed by atoms with van der Waals surface area (Å²) in [5.74, 6) is 0.402. The molecule has 0 saturated carbocycles. The van der Waals surface area contributed by atoms with Crippen molar-refractivity contribution in [1.82, 2.24) is 4.90 Å². The van der Waals surface area contributed by atoms with Crippen molar-refractivity contribution < 1.29 is 9.90 Å². The number of carbonyl (C=O) groups excluding carboxylic acids is 1. The summed E-state index contributed by atoms with van der Waals surface area (Å²) in [7, 11) is 1.84. The van der Waals surface area contributed by atoms with Crippen LogP contribution in [0.15, 0.2) is 18.2 Å². The molecule has 20 heavy (non-hydrogen) atoms. The number of nitrogens with zero attached hydrogens (tertiary/aromatic N) is 1. The number of amides is 1. The summed E-state index contributed by atoms with van der Waals surface area (Å²) in [6, 6.07) is 5.86. The molecular formula is C16H24N2O2. The molecule has 0 aromatic heterocycles. The molecule has 0 radical (unpaired) electrons. The third-order valence-electron chi connectivity index (χ3n) is 4.18. The normalized spacial score (nSPS) is 17.9. The second kappa shape index (κ2) is 6.27. The number of rotatable bonds is 3. The van der Waals surface area contributed by atoms with Crippen LogP contribution in [0.5, 0.6) is 0 Å². The number of aryl methyl sites for hydroxylation is 1. The molecule has 1 unspecified atom stereocenters. The maximum absolute atomic E-state index is 12.6. The molecule has 1 atom stereocenters. The Labute approximate surface area is 120 Å². The van der Waals surface area contributed by atoms with Gasteiger partial charge in [0.25, 0.3) is 5.91 Å². The monoisotopic (exact) mass is 276 g/mol. The molecule has 1 heterocycles. The van der Waals surface area contributed by atoms with Gasteiger partial charge in [0.15, 0.2) is 0 Å². The first-order chi connectivity index (χ1) is 9.52. The standard InChI is InChI=1S/C16H24N2O2/c1-11-4-5-14(15(10-11)17-3)16(20)18-8-6-13(7-9-18)12(2)19/h4-5,10,12-13,17,19H,6-9H2,1-3H3. The van der Waals surface area contributed by atoms with Crippen LogP contribution >= 0.6 is 0 Å². The summed E-state index contributed by atoms with van der Waals surface area (Å²) in [6.45, 7) is 5.31. The van der Waals surface area contributed by atoms with Gasteiger partial charge in [0.05, 0.1) is 11.7 Å². The highest BCUT2D eigenvalue weighted by atomic mass is 16.3. The summed E-state index contributed by atoms with van der Waals surface area (Å²) >= 11 is 0. The van der Waals surface area contributed by atoms with E-state index in [2.05, 4.69) is 5.32 Å². The lowest BCUT2D eigenvalue weighted by Gasteiger charge is -2.33. The number of aliphatic hydroxyl groups excluding tert-OH is 1. The van der Waals surface area contributed by atoms with Gasteiger partial charge in [-0.15, -0.1) is 0 Å². The molecule has 0 spiro atoms. The van der Waals surface area contributed by atoms with Gasteiger partial charge in [-0.3, -0.25) is 4.79 Å². The lowest BCUT2D eigenvalue weighted by Crippen LogP contribution is -2.40. The molecule has 4 nitrogen and oxygen atoms in total. The minimum absolute atomic E-state index is 0.0818. The number of nitrogens with one attached hydrogen (secondary N) is 1. The van der Waals surface area contributed by atoms with Crippen molar-refractivity contribution in [3.63, 3.8) is 0 Å². The Hall–Kier alpha value is -1.55. The van der Waals surface area contributed by atoms with E-state index in [0.717, 1.165) is 42.7 Å². The number of piperidine rings is 1. The van der Waals surface area contributed by atoms with Gasteiger partial charge < -0.3 is 15.3 Å². The van der Waals surface area contributed by atoms with E-state index in [-0.39, 0.29) is 12.0 Å². The summed E-state index contributed by atoms with van der Waals surface area (Å²) < 4.78 is 0. The number of anilines is 1. The Kier molecular flexibility index (Phi) is 4.65. The SMILES string of the molecule is CNc1cc(C)ccc1C(=O)N1CCC(C(C)O)CC1. The van der Waals surface area contributed by atoms with Gasteiger partial charge >= 0.3 is 0 Å². The van der Waals surface area contributed by atoms with Crippen LogP contribution in [0.3, 0.4) is 0 Å². The van der Waals surface area contributed by atoms with Crippen molar-refractivity contribution in [2.24, 2.45) is 5.92 Å². The highest BCUT2D eigenvalue weighted by Crippen LogP contribution is 2.24. The molecular weight excluding hydrogens is 252 g/mol. The van der Waals surface area contributed by atoms with Gasteiger partial charge in [-0.1, -0.05) is 6.07 Å². The van der Waals surface area contributed by atoms with Crippen LogP contribution < -0.4 is 5.32 Å². The van der Waals surface area contributed by atoms with Crippen molar-refractivity contribution in [2.75, 3.05) is 25.5 Å². The third kappa shape index (κ3) is 3.12. The molecule has 1 amide bonds. The third-order valence-corrected chi connectivity index (χ3v) is 4.18. The fourth-order valence-electron chi connectivity index (χ4n) is 2.81. The van der Waals surface area contributed by atoms with E-state index in [1.165, 1.54) is 0 Å². The minimum atomic E-state index is -0.278. The molecule has 4 heteroatoms. The predicted octanol–water partition coefficient (Wildman–Crippen LogP) is 2.27. The molecule has 1 saturated heterocycles. The molecule has 1 aliphatic heterocycles. The van der Waals surface area contributed by atoms with Crippen LogP contribution in [0.25, 0.3) is 0 Å². The zero-order valence-corrected chi connectivity index (χ0v) is 12.5. The van der Waals surface area contributed by atoms with E-state index in [1.54, 1.807) is 0 Å². The van der Waals surface area contributed by atoms with Crippen molar-refractivity contribution in [1.29, 1.82) is 0 Å². The summed E-state index contributed by atoms with van der Waals surface area (Å²) in [4.78, 5) is 14.5. The second-order valence-corrected chi connectivity index (χ2v) is 5.67. The maximum Gasteiger partial charge on any atom is 0.255 e. The Morgan fingerprint density at radius 1 is 1.40 bits per heavy atom. The first-order valence-corrected chi connectivity index (χ1v) is 7.28. The molecule has 0 aliphatic carbocycles. The molecule has 0 bridgehead atoms. The fourth-order valence-corrected chi connectivity index (χ4v) is 2.81. The smallest absolute Gasteiger partial charge is 0.255 e. The van der Waals surface area contributed by atoms with E-state index < -0.39 is 0 Å². The summed E-state index contributed by atoms with van der Waals surface area (Å²) in [5.41, 5.74) is 2.75. The summed E-state index contributed by atoms with van der Waals surface area (Å²) in [6.07, 6.45) is 1.48. The van der Waals surface area contributed by atoms with Gasteiger partial charge in [-0.05, 0) is 50.3 Å². The average molecular weight is 276 g/mol. The Morgan fingerprint density at radius 2 is 2.05 bits per heavy atom. The van der Waals surface area contributed by atoms with E-state index in [9.17, 15) is 9.90 Å². The molecule has 2 rings (SSSR count). The van der Waals surface area contributed by atoms with Crippen molar-refractivity contribution in [3.05, 3.63) is 29.3 Å². The molecule has 1 fully saturated rings. The van der Waals surface area contributed by atoms with Crippen LogP contribution in [-0.4, -0.2) is 42.2 Å². The average Bonchev–Trinajstić information content (AvgIpc) is 2.46. The van der Waals surface area contributed by atoms with Gasteiger partial charge in [0, 0.05) is 25.8 Å². The van der Waals surface area contributed by atoms with Crippen LogP contribution in [0.1, 0.15) is 35.7 Å².